The van der Waals surface area contributed by atoms with Gasteiger partial charge in [-0.2, -0.15) is 0 Å². The number of benzene rings is 2. The molecule has 0 aromatic heterocycles. The van der Waals surface area contributed by atoms with Gasteiger partial charge in [0.2, 0.25) is 0 Å². The van der Waals surface area contributed by atoms with Crippen molar-refractivity contribution in [3.63, 3.8) is 0 Å². The first-order valence-electron chi connectivity index (χ1n) is 13.5. The Morgan fingerprint density at radius 3 is 2.52 bits per heavy atom. The highest BCUT2D eigenvalue weighted by Crippen LogP contribution is 2.42. The molecule has 9 heteroatoms. The van der Waals surface area contributed by atoms with Crippen molar-refractivity contribution in [2.45, 2.75) is 32.9 Å². The zero-order valence-electron chi connectivity index (χ0n) is 23.6. The van der Waals surface area contributed by atoms with Gasteiger partial charge in [0.25, 0.3) is 11.7 Å². The zero-order valence-corrected chi connectivity index (χ0v) is 23.6. The van der Waals surface area contributed by atoms with E-state index in [0.717, 1.165) is 18.7 Å². The molecule has 40 heavy (non-hydrogen) atoms. The Morgan fingerprint density at radius 2 is 1.88 bits per heavy atom. The molecule has 2 fully saturated rings. The largest absolute Gasteiger partial charge is 0.507 e. The van der Waals surface area contributed by atoms with Gasteiger partial charge in [0.15, 0.2) is 11.5 Å². The van der Waals surface area contributed by atoms with E-state index in [1.54, 1.807) is 36.4 Å². The molecule has 9 nitrogen and oxygen atoms in total. The van der Waals surface area contributed by atoms with Crippen LogP contribution in [0.5, 0.6) is 17.2 Å². The molecule has 2 aliphatic heterocycles. The highest BCUT2D eigenvalue weighted by Gasteiger charge is 2.46. The highest BCUT2D eigenvalue weighted by atomic mass is 16.5. The minimum Gasteiger partial charge on any atom is -0.507 e. The van der Waals surface area contributed by atoms with Gasteiger partial charge in [-0.3, -0.25) is 14.5 Å². The number of amides is 1. The fourth-order valence-electron chi connectivity index (χ4n) is 5.05. The van der Waals surface area contributed by atoms with E-state index in [0.29, 0.717) is 61.3 Å². The summed E-state index contributed by atoms with van der Waals surface area (Å²) in [5.74, 6) is 0.0150. The average molecular weight is 551 g/mol. The van der Waals surface area contributed by atoms with Crippen LogP contribution >= 0.6 is 0 Å². The van der Waals surface area contributed by atoms with E-state index in [1.807, 2.05) is 26.8 Å². The van der Waals surface area contributed by atoms with Crippen molar-refractivity contribution in [3.8, 4) is 17.2 Å². The molecule has 1 amide bonds. The fourth-order valence-corrected chi connectivity index (χ4v) is 5.05. The fraction of sp³-hybridized carbons (Fsp3) is 0.419. The van der Waals surface area contributed by atoms with Crippen LogP contribution < -0.4 is 14.2 Å². The molecule has 214 valence electrons. The maximum atomic E-state index is 13.5. The summed E-state index contributed by atoms with van der Waals surface area (Å²) >= 11 is 0. The smallest absolute Gasteiger partial charge is 0.295 e. The van der Waals surface area contributed by atoms with Gasteiger partial charge in [-0.1, -0.05) is 18.7 Å². The maximum absolute atomic E-state index is 13.5. The molecule has 4 rings (SSSR count). The first kappa shape index (κ1) is 29.2. The Morgan fingerprint density at radius 1 is 1.12 bits per heavy atom. The predicted octanol–water partition coefficient (Wildman–Crippen LogP) is 4.11. The number of aliphatic hydroxyl groups excluding tert-OH is 1. The number of morpholine rings is 1. The summed E-state index contributed by atoms with van der Waals surface area (Å²) in [6.45, 7) is 13.3. The molecule has 0 saturated carbocycles. The number of aliphatic hydroxyl groups is 1. The topological polar surface area (TPSA) is 97.8 Å². The molecule has 2 aliphatic rings. The number of rotatable bonds is 11. The number of hydrogen-bond acceptors (Lipinski definition) is 8. The monoisotopic (exact) mass is 550 g/mol. The van der Waals surface area contributed by atoms with Crippen molar-refractivity contribution in [1.82, 2.24) is 9.80 Å². The number of ketones is 1. The summed E-state index contributed by atoms with van der Waals surface area (Å²) in [6, 6.07) is 9.74. The molecule has 2 aromatic carbocycles. The van der Waals surface area contributed by atoms with Crippen LogP contribution in [-0.2, 0) is 14.3 Å². The van der Waals surface area contributed by atoms with Gasteiger partial charge in [-0.05, 0) is 62.2 Å². The second-order valence-corrected chi connectivity index (χ2v) is 10.1. The lowest BCUT2D eigenvalue weighted by atomic mass is 9.93. The molecule has 0 radical (unpaired) electrons. The lowest BCUT2D eigenvalue weighted by molar-refractivity contribution is -0.140. The average Bonchev–Trinajstić information content (AvgIpc) is 3.19. The third-order valence-electron chi connectivity index (χ3n) is 6.99. The van der Waals surface area contributed by atoms with E-state index in [9.17, 15) is 14.7 Å². The second kappa shape index (κ2) is 13.0. The van der Waals surface area contributed by atoms with Crippen molar-refractivity contribution in [1.29, 1.82) is 0 Å². The van der Waals surface area contributed by atoms with Crippen molar-refractivity contribution in [3.05, 3.63) is 71.3 Å². The molecule has 1 unspecified atom stereocenters. The Labute approximate surface area is 235 Å². The molecule has 0 bridgehead atoms. The van der Waals surface area contributed by atoms with Gasteiger partial charge in [0, 0.05) is 31.7 Å². The predicted molar refractivity (Wildman–Crippen MR) is 152 cm³/mol. The Balaban J connectivity index is 1.78. The van der Waals surface area contributed by atoms with E-state index in [2.05, 4.69) is 11.5 Å². The summed E-state index contributed by atoms with van der Waals surface area (Å²) in [5.41, 5.74) is 1.85. The number of aryl methyl sites for hydroxylation is 1. The van der Waals surface area contributed by atoms with Crippen LogP contribution in [0.25, 0.3) is 5.76 Å². The number of Topliss-reactive ketones (excluding diaryl/α,β-unsaturated/α-hetero) is 1. The minimum absolute atomic E-state index is 0.0101. The molecule has 0 spiro atoms. The Kier molecular flexibility index (Phi) is 9.50. The van der Waals surface area contributed by atoms with Crippen molar-refractivity contribution < 1.29 is 33.6 Å². The number of methoxy groups -OCH3 is 1. The second-order valence-electron chi connectivity index (χ2n) is 10.1. The first-order chi connectivity index (χ1) is 19.2. The SMILES string of the molecule is C=CCOc1ccc(C2C(=C(O)c3ccc(OC(C)C)cc3C)C(=O)C(=O)N2CCN2CCOCC2)cc1OC. The summed E-state index contributed by atoms with van der Waals surface area (Å²) < 4.78 is 22.5. The quantitative estimate of drug-likeness (QED) is 0.193. The van der Waals surface area contributed by atoms with E-state index < -0.39 is 17.7 Å². The van der Waals surface area contributed by atoms with Gasteiger partial charge in [-0.15, -0.1) is 0 Å². The van der Waals surface area contributed by atoms with Gasteiger partial charge >= 0.3 is 0 Å². The van der Waals surface area contributed by atoms with Crippen molar-refractivity contribution >= 4 is 17.4 Å². The van der Waals surface area contributed by atoms with E-state index >= 15 is 0 Å². The standard InChI is InChI=1S/C31H38N2O7/c1-6-15-39-25-10-7-22(19-26(25)37-5)28-27(29(34)24-9-8-23(18-21(24)4)40-20(2)3)30(35)31(36)33(28)12-11-32-13-16-38-17-14-32/h6-10,18-20,28,34H,1,11-17H2,2-5H3. The van der Waals surface area contributed by atoms with Crippen LogP contribution in [-0.4, -0.2) is 85.8 Å². The molecule has 2 heterocycles. The third-order valence-corrected chi connectivity index (χ3v) is 6.99. The molecule has 0 aliphatic carbocycles. The summed E-state index contributed by atoms with van der Waals surface area (Å²) in [4.78, 5) is 30.7. The summed E-state index contributed by atoms with van der Waals surface area (Å²) in [6.07, 6.45) is 1.62. The summed E-state index contributed by atoms with van der Waals surface area (Å²) in [7, 11) is 1.53. The first-order valence-corrected chi connectivity index (χ1v) is 13.5. The molecule has 2 aromatic rings. The molecule has 1 N–H and O–H groups in total. The van der Waals surface area contributed by atoms with Crippen LogP contribution in [0.1, 0.15) is 36.6 Å². The number of ether oxygens (including phenoxy) is 4. The van der Waals surface area contributed by atoms with E-state index in [4.69, 9.17) is 18.9 Å². The van der Waals surface area contributed by atoms with Crippen LogP contribution in [0.3, 0.4) is 0 Å². The van der Waals surface area contributed by atoms with Gasteiger partial charge in [0.1, 0.15) is 18.1 Å². The molecular formula is C31H38N2O7. The number of nitrogens with zero attached hydrogens (tertiary/aromatic N) is 2. The van der Waals surface area contributed by atoms with E-state index in [1.165, 1.54) is 12.0 Å². The van der Waals surface area contributed by atoms with Crippen LogP contribution in [0, 0.1) is 6.92 Å². The van der Waals surface area contributed by atoms with Gasteiger partial charge in [-0.25, -0.2) is 0 Å². The number of hydrogen-bond donors (Lipinski definition) is 1. The normalized spacial score (nSPS) is 19.2. The lowest BCUT2D eigenvalue weighted by Gasteiger charge is -2.31. The summed E-state index contributed by atoms with van der Waals surface area (Å²) in [5, 5.41) is 11.6. The van der Waals surface area contributed by atoms with Gasteiger partial charge in [0.05, 0.1) is 38.0 Å². The molecular weight excluding hydrogens is 512 g/mol. The zero-order chi connectivity index (χ0) is 28.8. The number of carbonyl (C=O) groups excluding carboxylic acids is 2. The highest BCUT2D eigenvalue weighted by molar-refractivity contribution is 6.46. The van der Waals surface area contributed by atoms with Gasteiger partial charge < -0.3 is 29.0 Å². The van der Waals surface area contributed by atoms with E-state index in [-0.39, 0.29) is 17.4 Å². The molecule has 2 saturated heterocycles. The Bertz CT molecular complexity index is 1280. The van der Waals surface area contributed by atoms with Crippen molar-refractivity contribution in [2.75, 3.05) is 53.1 Å². The minimum atomic E-state index is -0.811. The number of carbonyl (C=O) groups is 2. The third kappa shape index (κ3) is 6.32. The maximum Gasteiger partial charge on any atom is 0.295 e. The van der Waals surface area contributed by atoms with Crippen LogP contribution in [0.2, 0.25) is 0 Å². The van der Waals surface area contributed by atoms with Crippen molar-refractivity contribution in [2.24, 2.45) is 0 Å². The molecule has 1 atom stereocenters. The van der Waals surface area contributed by atoms with Crippen LogP contribution in [0.4, 0.5) is 0 Å². The Hall–Kier alpha value is -3.82. The van der Waals surface area contributed by atoms with Crippen LogP contribution in [0.15, 0.2) is 54.6 Å². The lowest BCUT2D eigenvalue weighted by Crippen LogP contribution is -2.42. The number of likely N-dealkylation sites (tertiary alicyclic amines) is 1.